The molecule has 0 aromatic heterocycles. The predicted molar refractivity (Wildman–Crippen MR) is 83.1 cm³/mol. The van der Waals surface area contributed by atoms with E-state index in [0.29, 0.717) is 0 Å². The standard InChI is InChI=1S/C18H28O4/c1-11-14(21-12(2)19)6-7-15(20-11)22-16-17(3,4)13-8-9-18(16,5)10-13/h6-7,11,13-16H,8-10H2,1-5H3/t11-,13-,14+,15-,16-,18+/m1/s1. The molecule has 0 aromatic carbocycles. The normalized spacial score (nSPS) is 46.0. The zero-order valence-corrected chi connectivity index (χ0v) is 14.3. The molecule has 0 saturated heterocycles. The van der Waals surface area contributed by atoms with Crippen LogP contribution in [0.2, 0.25) is 0 Å². The molecule has 3 aliphatic rings. The first-order valence-electron chi connectivity index (χ1n) is 8.39. The van der Waals surface area contributed by atoms with E-state index >= 15 is 0 Å². The lowest BCUT2D eigenvalue weighted by molar-refractivity contribution is -0.227. The first-order valence-corrected chi connectivity index (χ1v) is 8.39. The van der Waals surface area contributed by atoms with Gasteiger partial charge in [-0.2, -0.15) is 0 Å². The lowest BCUT2D eigenvalue weighted by atomic mass is 9.70. The van der Waals surface area contributed by atoms with Crippen LogP contribution in [0.15, 0.2) is 12.2 Å². The summed E-state index contributed by atoms with van der Waals surface area (Å²) in [5, 5.41) is 0. The number of fused-ring (bicyclic) bond motifs is 2. The van der Waals surface area contributed by atoms with E-state index in [1.54, 1.807) is 0 Å². The number of hydrogen-bond donors (Lipinski definition) is 0. The Labute approximate surface area is 133 Å². The highest BCUT2D eigenvalue weighted by Gasteiger charge is 2.60. The van der Waals surface area contributed by atoms with Crippen LogP contribution in [0, 0.1) is 16.7 Å². The minimum atomic E-state index is -0.345. The van der Waals surface area contributed by atoms with Crippen molar-refractivity contribution in [3.63, 3.8) is 0 Å². The molecular weight excluding hydrogens is 280 g/mol. The highest BCUT2D eigenvalue weighted by atomic mass is 16.7. The average Bonchev–Trinajstić information content (AvgIpc) is 2.88. The SMILES string of the molecule is CC(=O)O[C@H]1C=C[C@@H](O[C@@H]2C(C)(C)[C@@H]3CC[C@@]2(C)C3)O[C@@H]1C. The topological polar surface area (TPSA) is 44.8 Å². The van der Waals surface area contributed by atoms with Crippen LogP contribution in [0.1, 0.15) is 53.9 Å². The van der Waals surface area contributed by atoms with E-state index in [2.05, 4.69) is 20.8 Å². The van der Waals surface area contributed by atoms with E-state index in [1.165, 1.54) is 26.2 Å². The number of carbonyl (C=O) groups is 1. The van der Waals surface area contributed by atoms with Crippen molar-refractivity contribution in [3.8, 4) is 0 Å². The van der Waals surface area contributed by atoms with Gasteiger partial charge in [-0.1, -0.05) is 20.8 Å². The maximum atomic E-state index is 11.1. The van der Waals surface area contributed by atoms with Crippen molar-refractivity contribution >= 4 is 5.97 Å². The van der Waals surface area contributed by atoms with Gasteiger partial charge in [0.1, 0.15) is 6.10 Å². The van der Waals surface area contributed by atoms with Crippen LogP contribution in [0.5, 0.6) is 0 Å². The summed E-state index contributed by atoms with van der Waals surface area (Å²) in [5.74, 6) is 0.465. The molecule has 2 fully saturated rings. The smallest absolute Gasteiger partial charge is 0.303 e. The number of carbonyl (C=O) groups excluding carboxylic acids is 1. The van der Waals surface area contributed by atoms with Crippen LogP contribution in [-0.4, -0.2) is 30.6 Å². The van der Waals surface area contributed by atoms with Crippen molar-refractivity contribution < 1.29 is 19.0 Å². The van der Waals surface area contributed by atoms with Gasteiger partial charge >= 0.3 is 5.97 Å². The van der Waals surface area contributed by atoms with Crippen molar-refractivity contribution in [3.05, 3.63) is 12.2 Å². The Morgan fingerprint density at radius 3 is 2.55 bits per heavy atom. The van der Waals surface area contributed by atoms with E-state index in [-0.39, 0.29) is 41.4 Å². The van der Waals surface area contributed by atoms with Gasteiger partial charge in [0.2, 0.25) is 0 Å². The third-order valence-electron chi connectivity index (χ3n) is 5.98. The summed E-state index contributed by atoms with van der Waals surface area (Å²) < 4.78 is 17.5. The fourth-order valence-electron chi connectivity index (χ4n) is 4.83. The van der Waals surface area contributed by atoms with Gasteiger partial charge in [0.05, 0.1) is 12.2 Å². The van der Waals surface area contributed by atoms with Gasteiger partial charge in [0.25, 0.3) is 0 Å². The van der Waals surface area contributed by atoms with Crippen molar-refractivity contribution in [2.45, 2.75) is 78.5 Å². The highest BCUT2D eigenvalue weighted by molar-refractivity contribution is 5.66. The molecule has 22 heavy (non-hydrogen) atoms. The molecule has 3 rings (SSSR count). The average molecular weight is 308 g/mol. The zero-order chi connectivity index (χ0) is 16.1. The monoisotopic (exact) mass is 308 g/mol. The predicted octanol–water partition coefficient (Wildman–Crippen LogP) is 3.45. The Hall–Kier alpha value is -0.870. The Balaban J connectivity index is 1.68. The summed E-state index contributed by atoms with van der Waals surface area (Å²) in [4.78, 5) is 11.1. The maximum absolute atomic E-state index is 11.1. The molecule has 0 unspecified atom stereocenters. The second-order valence-corrected chi connectivity index (χ2v) is 8.10. The third-order valence-corrected chi connectivity index (χ3v) is 5.98. The van der Waals surface area contributed by atoms with Crippen LogP contribution in [0.25, 0.3) is 0 Å². The molecule has 124 valence electrons. The molecular formula is C18H28O4. The van der Waals surface area contributed by atoms with Crippen LogP contribution in [0.4, 0.5) is 0 Å². The van der Waals surface area contributed by atoms with Gasteiger partial charge in [-0.3, -0.25) is 4.79 Å². The molecule has 2 bridgehead atoms. The van der Waals surface area contributed by atoms with Crippen molar-refractivity contribution in [2.24, 2.45) is 16.7 Å². The van der Waals surface area contributed by atoms with Gasteiger partial charge in [-0.25, -0.2) is 0 Å². The summed E-state index contributed by atoms with van der Waals surface area (Å²) in [7, 11) is 0. The second-order valence-electron chi connectivity index (χ2n) is 8.10. The number of hydrogen-bond acceptors (Lipinski definition) is 4. The second kappa shape index (κ2) is 5.34. The van der Waals surface area contributed by atoms with Crippen LogP contribution in [0.3, 0.4) is 0 Å². The molecule has 0 amide bonds. The molecule has 2 saturated carbocycles. The molecule has 1 heterocycles. The number of ether oxygens (including phenoxy) is 3. The number of rotatable bonds is 3. The first-order chi connectivity index (χ1) is 10.2. The van der Waals surface area contributed by atoms with Crippen molar-refractivity contribution in [1.29, 1.82) is 0 Å². The Bertz CT molecular complexity index is 479. The molecule has 0 N–H and O–H groups in total. The third kappa shape index (κ3) is 2.61. The Morgan fingerprint density at radius 1 is 1.27 bits per heavy atom. The minimum Gasteiger partial charge on any atom is -0.456 e. The summed E-state index contributed by atoms with van der Waals surface area (Å²) >= 11 is 0. The zero-order valence-electron chi connectivity index (χ0n) is 14.3. The van der Waals surface area contributed by atoms with Gasteiger partial charge in [-0.05, 0) is 55.1 Å². The van der Waals surface area contributed by atoms with E-state index in [1.807, 2.05) is 19.1 Å². The Morgan fingerprint density at radius 2 is 2.00 bits per heavy atom. The maximum Gasteiger partial charge on any atom is 0.303 e. The summed E-state index contributed by atoms with van der Waals surface area (Å²) in [5.41, 5.74) is 0.460. The van der Waals surface area contributed by atoms with Gasteiger partial charge < -0.3 is 14.2 Å². The molecule has 4 heteroatoms. The van der Waals surface area contributed by atoms with Gasteiger partial charge in [0.15, 0.2) is 6.29 Å². The molecule has 0 spiro atoms. The fraction of sp³-hybridized carbons (Fsp3) is 0.833. The molecule has 2 aliphatic carbocycles. The largest absolute Gasteiger partial charge is 0.456 e. The first kappa shape index (κ1) is 16.0. The van der Waals surface area contributed by atoms with Crippen molar-refractivity contribution in [1.82, 2.24) is 0 Å². The lowest BCUT2D eigenvalue weighted by Gasteiger charge is -2.44. The lowest BCUT2D eigenvalue weighted by Crippen LogP contribution is -2.46. The van der Waals surface area contributed by atoms with Gasteiger partial charge in [-0.15, -0.1) is 0 Å². The highest BCUT2D eigenvalue weighted by Crippen LogP contribution is 2.63. The van der Waals surface area contributed by atoms with Crippen LogP contribution in [-0.2, 0) is 19.0 Å². The van der Waals surface area contributed by atoms with Crippen LogP contribution < -0.4 is 0 Å². The molecule has 6 atom stereocenters. The summed E-state index contributed by atoms with van der Waals surface area (Å²) in [6, 6.07) is 0. The van der Waals surface area contributed by atoms with E-state index in [0.717, 1.165) is 5.92 Å². The Kier molecular flexibility index (Phi) is 3.89. The van der Waals surface area contributed by atoms with E-state index in [4.69, 9.17) is 14.2 Å². The van der Waals surface area contributed by atoms with Crippen LogP contribution >= 0.6 is 0 Å². The minimum absolute atomic E-state index is 0.187. The quantitative estimate of drug-likeness (QED) is 0.592. The molecule has 0 radical (unpaired) electrons. The van der Waals surface area contributed by atoms with Gasteiger partial charge in [0, 0.05) is 6.92 Å². The van der Waals surface area contributed by atoms with E-state index in [9.17, 15) is 4.79 Å². The molecule has 0 aromatic rings. The molecule has 4 nitrogen and oxygen atoms in total. The fourth-order valence-corrected chi connectivity index (χ4v) is 4.83. The number of esters is 1. The summed E-state index contributed by atoms with van der Waals surface area (Å²) in [6.45, 7) is 10.3. The van der Waals surface area contributed by atoms with Crippen molar-refractivity contribution in [2.75, 3.05) is 0 Å². The summed E-state index contributed by atoms with van der Waals surface area (Å²) in [6.07, 6.45) is 6.96. The van der Waals surface area contributed by atoms with E-state index < -0.39 is 0 Å². The molecule has 1 aliphatic heterocycles.